The van der Waals surface area contributed by atoms with Crippen LogP contribution < -0.4 is 5.32 Å². The lowest BCUT2D eigenvalue weighted by Crippen LogP contribution is -2.00. The first-order chi connectivity index (χ1) is 8.92. The van der Waals surface area contributed by atoms with Gasteiger partial charge in [0.1, 0.15) is 0 Å². The van der Waals surface area contributed by atoms with Gasteiger partial charge in [-0.05, 0) is 30.3 Å². The van der Waals surface area contributed by atoms with Crippen LogP contribution in [-0.4, -0.2) is 9.78 Å². The number of aromatic nitrogens is 2. The first-order valence-electron chi connectivity index (χ1n) is 5.77. The maximum absolute atomic E-state index is 5.03. The summed E-state index contributed by atoms with van der Waals surface area (Å²) in [6.45, 7) is 0.749. The number of benzene rings is 1. The highest BCUT2D eigenvalue weighted by Crippen LogP contribution is 2.15. The maximum Gasteiger partial charge on any atom is 0.0952 e. The monoisotopic (exact) mass is 239 g/mol. The summed E-state index contributed by atoms with van der Waals surface area (Å²) >= 11 is 0. The van der Waals surface area contributed by atoms with E-state index in [1.807, 2.05) is 41.2 Å². The summed E-state index contributed by atoms with van der Waals surface area (Å²) in [7, 11) is 0. The van der Waals surface area contributed by atoms with E-state index < -0.39 is 0 Å². The Morgan fingerprint density at radius 1 is 1.22 bits per heavy atom. The highest BCUT2D eigenvalue weighted by Gasteiger charge is 1.99. The van der Waals surface area contributed by atoms with Crippen molar-refractivity contribution in [2.45, 2.75) is 6.54 Å². The van der Waals surface area contributed by atoms with Gasteiger partial charge < -0.3 is 9.73 Å². The van der Waals surface area contributed by atoms with Crippen LogP contribution in [0.5, 0.6) is 0 Å². The van der Waals surface area contributed by atoms with Crippen LogP contribution in [0.15, 0.2) is 65.7 Å². The zero-order valence-electron chi connectivity index (χ0n) is 9.78. The van der Waals surface area contributed by atoms with Gasteiger partial charge in [-0.2, -0.15) is 5.10 Å². The summed E-state index contributed by atoms with van der Waals surface area (Å²) in [5, 5.41) is 7.56. The molecule has 0 saturated carbocycles. The van der Waals surface area contributed by atoms with Crippen LogP contribution in [0, 0.1) is 0 Å². The topological polar surface area (TPSA) is 43.0 Å². The van der Waals surface area contributed by atoms with E-state index in [4.69, 9.17) is 4.42 Å². The van der Waals surface area contributed by atoms with Crippen molar-refractivity contribution < 1.29 is 4.42 Å². The number of rotatable bonds is 4. The second kappa shape index (κ2) is 4.79. The van der Waals surface area contributed by atoms with Crippen LogP contribution >= 0.6 is 0 Å². The second-order valence-corrected chi connectivity index (χ2v) is 3.99. The van der Waals surface area contributed by atoms with E-state index >= 15 is 0 Å². The predicted molar refractivity (Wildman–Crippen MR) is 69.6 cm³/mol. The Hall–Kier alpha value is -2.49. The third kappa shape index (κ3) is 2.27. The highest BCUT2D eigenvalue weighted by atomic mass is 16.3. The molecule has 0 atom stereocenters. The van der Waals surface area contributed by atoms with Gasteiger partial charge in [0.05, 0.1) is 18.2 Å². The molecule has 0 aliphatic carbocycles. The van der Waals surface area contributed by atoms with E-state index in [-0.39, 0.29) is 0 Å². The van der Waals surface area contributed by atoms with Gasteiger partial charge in [0, 0.05) is 30.2 Å². The number of nitrogens with one attached hydrogen (secondary N) is 1. The molecule has 3 aromatic rings. The van der Waals surface area contributed by atoms with Crippen molar-refractivity contribution in [3.8, 4) is 5.69 Å². The summed E-state index contributed by atoms with van der Waals surface area (Å²) in [5.74, 6) is 0. The lowest BCUT2D eigenvalue weighted by Gasteiger charge is -2.07. The molecule has 1 aromatic carbocycles. The molecular formula is C14H13N3O. The van der Waals surface area contributed by atoms with Crippen LogP contribution in [0.1, 0.15) is 5.56 Å². The molecule has 90 valence electrons. The van der Waals surface area contributed by atoms with Crippen LogP contribution in [0.3, 0.4) is 0 Å². The highest BCUT2D eigenvalue weighted by molar-refractivity contribution is 5.51. The predicted octanol–water partition coefficient (Wildman–Crippen LogP) is 3.08. The van der Waals surface area contributed by atoms with Crippen molar-refractivity contribution in [2.24, 2.45) is 0 Å². The Kier molecular flexibility index (Phi) is 2.84. The molecule has 0 spiro atoms. The third-order valence-corrected chi connectivity index (χ3v) is 2.69. The van der Waals surface area contributed by atoms with E-state index in [1.54, 1.807) is 18.7 Å². The smallest absolute Gasteiger partial charge is 0.0952 e. The minimum absolute atomic E-state index is 0.749. The summed E-state index contributed by atoms with van der Waals surface area (Å²) in [6.07, 6.45) is 7.11. The van der Waals surface area contributed by atoms with Gasteiger partial charge in [0.25, 0.3) is 0 Å². The van der Waals surface area contributed by atoms with Gasteiger partial charge in [0.15, 0.2) is 0 Å². The average Bonchev–Trinajstić information content (AvgIpc) is 3.10. The van der Waals surface area contributed by atoms with Crippen molar-refractivity contribution in [3.05, 3.63) is 66.9 Å². The molecule has 1 N–H and O–H groups in total. The van der Waals surface area contributed by atoms with Gasteiger partial charge >= 0.3 is 0 Å². The number of nitrogens with zero attached hydrogens (tertiary/aromatic N) is 2. The molecule has 0 aliphatic rings. The van der Waals surface area contributed by atoms with Crippen molar-refractivity contribution in [2.75, 3.05) is 5.32 Å². The number of furan rings is 1. The normalized spacial score (nSPS) is 10.4. The molecule has 0 unspecified atom stereocenters. The molecule has 2 heterocycles. The Morgan fingerprint density at radius 2 is 2.22 bits per heavy atom. The van der Waals surface area contributed by atoms with E-state index in [9.17, 15) is 0 Å². The molecule has 0 bridgehead atoms. The first-order valence-corrected chi connectivity index (χ1v) is 5.77. The quantitative estimate of drug-likeness (QED) is 0.760. The maximum atomic E-state index is 5.03. The van der Waals surface area contributed by atoms with Crippen molar-refractivity contribution in [1.29, 1.82) is 0 Å². The number of hydrogen-bond acceptors (Lipinski definition) is 3. The van der Waals surface area contributed by atoms with E-state index in [0.717, 1.165) is 23.5 Å². The molecule has 0 saturated heterocycles. The van der Waals surface area contributed by atoms with E-state index in [0.29, 0.717) is 0 Å². The fourth-order valence-corrected chi connectivity index (χ4v) is 1.78. The molecule has 0 amide bonds. The lowest BCUT2D eigenvalue weighted by atomic mass is 10.2. The minimum atomic E-state index is 0.749. The molecule has 4 heteroatoms. The summed E-state index contributed by atoms with van der Waals surface area (Å²) in [4.78, 5) is 0. The Morgan fingerprint density at radius 3 is 3.00 bits per heavy atom. The van der Waals surface area contributed by atoms with Crippen LogP contribution in [0.2, 0.25) is 0 Å². The Bertz CT molecular complexity index is 600. The number of anilines is 1. The SMILES string of the molecule is c1cc(NCc2ccoc2)cc(-n2cccn2)c1. The fourth-order valence-electron chi connectivity index (χ4n) is 1.78. The fraction of sp³-hybridized carbons (Fsp3) is 0.0714. The van der Waals surface area contributed by atoms with E-state index in [1.165, 1.54) is 0 Å². The van der Waals surface area contributed by atoms with Crippen molar-refractivity contribution in [1.82, 2.24) is 9.78 Å². The molecule has 3 rings (SSSR count). The standard InChI is InChI=1S/C14H13N3O/c1-3-13(15-10-12-5-8-18-11-12)9-14(4-1)17-7-2-6-16-17/h1-9,11,15H,10H2. The van der Waals surface area contributed by atoms with Crippen molar-refractivity contribution >= 4 is 5.69 Å². The lowest BCUT2D eigenvalue weighted by molar-refractivity contribution is 0.564. The van der Waals surface area contributed by atoms with Gasteiger partial charge in [-0.25, -0.2) is 4.68 Å². The first kappa shape index (κ1) is 10.7. The second-order valence-electron chi connectivity index (χ2n) is 3.99. The van der Waals surface area contributed by atoms with Gasteiger partial charge in [0.2, 0.25) is 0 Å². The third-order valence-electron chi connectivity index (χ3n) is 2.69. The summed E-state index contributed by atoms with van der Waals surface area (Å²) in [6, 6.07) is 12.0. The van der Waals surface area contributed by atoms with E-state index in [2.05, 4.69) is 16.5 Å². The Balaban J connectivity index is 1.75. The van der Waals surface area contributed by atoms with Gasteiger partial charge in [-0.15, -0.1) is 0 Å². The van der Waals surface area contributed by atoms with Crippen LogP contribution in [0.25, 0.3) is 5.69 Å². The molecular weight excluding hydrogens is 226 g/mol. The Labute approximate surface area is 105 Å². The summed E-state index contributed by atoms with van der Waals surface area (Å²) < 4.78 is 6.87. The van der Waals surface area contributed by atoms with Gasteiger partial charge in [-0.1, -0.05) is 6.07 Å². The number of hydrogen-bond donors (Lipinski definition) is 1. The van der Waals surface area contributed by atoms with Crippen molar-refractivity contribution in [3.63, 3.8) is 0 Å². The molecule has 18 heavy (non-hydrogen) atoms. The zero-order valence-corrected chi connectivity index (χ0v) is 9.78. The molecule has 0 radical (unpaired) electrons. The molecule has 2 aromatic heterocycles. The molecule has 0 fully saturated rings. The average molecular weight is 239 g/mol. The van der Waals surface area contributed by atoms with Gasteiger partial charge in [-0.3, -0.25) is 0 Å². The minimum Gasteiger partial charge on any atom is -0.472 e. The van der Waals surface area contributed by atoms with Crippen LogP contribution in [-0.2, 0) is 6.54 Å². The van der Waals surface area contributed by atoms with Crippen LogP contribution in [0.4, 0.5) is 5.69 Å². The molecule has 4 nitrogen and oxygen atoms in total. The molecule has 0 aliphatic heterocycles. The zero-order chi connectivity index (χ0) is 12.2. The summed E-state index contributed by atoms with van der Waals surface area (Å²) in [5.41, 5.74) is 3.22. The largest absolute Gasteiger partial charge is 0.472 e.